The number of rotatable bonds is 6. The highest BCUT2D eigenvalue weighted by atomic mass is 16.5. The van der Waals surface area contributed by atoms with Crippen LogP contribution in [0.3, 0.4) is 0 Å². The molecule has 110 valence electrons. The first-order valence-corrected chi connectivity index (χ1v) is 7.91. The molecule has 0 amide bonds. The molecule has 1 atom stereocenters. The van der Waals surface area contributed by atoms with Crippen molar-refractivity contribution in [3.8, 4) is 0 Å². The molecule has 0 spiro atoms. The molecule has 0 radical (unpaired) electrons. The Hall–Kier alpha value is -1.15. The first-order valence-electron chi connectivity index (χ1n) is 7.91. The van der Waals surface area contributed by atoms with E-state index in [1.165, 1.54) is 24.8 Å². The van der Waals surface area contributed by atoms with Crippen molar-refractivity contribution in [3.05, 3.63) is 35.4 Å². The molecule has 2 heteroatoms. The minimum Gasteiger partial charge on any atom is -0.370 e. The standard InChI is InChI=1S/C18H26O2/c1-3-20-18(15-10-5-4-6-11-15)17(19)13-16-12-8-7-9-14(16)2/h7-9,12,15,18H,3-6,10-11,13H2,1-2H3. The Kier molecular flexibility index (Phi) is 5.78. The summed E-state index contributed by atoms with van der Waals surface area (Å²) >= 11 is 0. The van der Waals surface area contributed by atoms with Gasteiger partial charge in [-0.15, -0.1) is 0 Å². The van der Waals surface area contributed by atoms with E-state index < -0.39 is 0 Å². The third-order valence-corrected chi connectivity index (χ3v) is 4.37. The lowest BCUT2D eigenvalue weighted by Crippen LogP contribution is -2.35. The van der Waals surface area contributed by atoms with Crippen LogP contribution in [-0.2, 0) is 16.0 Å². The first-order chi connectivity index (χ1) is 9.72. The number of carbonyl (C=O) groups is 1. The quantitative estimate of drug-likeness (QED) is 0.781. The first kappa shape index (κ1) is 15.2. The third kappa shape index (κ3) is 3.92. The maximum Gasteiger partial charge on any atom is 0.166 e. The second kappa shape index (κ2) is 7.58. The van der Waals surface area contributed by atoms with Crippen LogP contribution in [0.2, 0.25) is 0 Å². The molecule has 0 N–H and O–H groups in total. The maximum absolute atomic E-state index is 12.6. The van der Waals surface area contributed by atoms with E-state index in [1.807, 2.05) is 19.1 Å². The summed E-state index contributed by atoms with van der Waals surface area (Å²) in [4.78, 5) is 12.6. The molecule has 20 heavy (non-hydrogen) atoms. The zero-order chi connectivity index (χ0) is 14.4. The lowest BCUT2D eigenvalue weighted by atomic mass is 9.82. The number of aryl methyl sites for hydroxylation is 1. The Morgan fingerprint density at radius 2 is 1.95 bits per heavy atom. The number of Topliss-reactive ketones (excluding diaryl/α,β-unsaturated/α-hetero) is 1. The molecule has 1 aromatic rings. The SMILES string of the molecule is CCOC(C(=O)Cc1ccccc1C)C1CCCCC1. The number of ether oxygens (including phenoxy) is 1. The van der Waals surface area contributed by atoms with Crippen LogP contribution in [0, 0.1) is 12.8 Å². The van der Waals surface area contributed by atoms with Crippen molar-refractivity contribution < 1.29 is 9.53 Å². The molecule has 1 unspecified atom stereocenters. The van der Waals surface area contributed by atoms with Crippen LogP contribution in [0.25, 0.3) is 0 Å². The summed E-state index contributed by atoms with van der Waals surface area (Å²) in [5.41, 5.74) is 2.33. The number of benzene rings is 1. The molecule has 2 rings (SSSR count). The summed E-state index contributed by atoms with van der Waals surface area (Å²) in [6, 6.07) is 8.15. The maximum atomic E-state index is 12.6. The zero-order valence-electron chi connectivity index (χ0n) is 12.7. The largest absolute Gasteiger partial charge is 0.370 e. The predicted octanol–water partition coefficient (Wildman–Crippen LogP) is 4.09. The van der Waals surface area contributed by atoms with E-state index in [0.29, 0.717) is 18.9 Å². The highest BCUT2D eigenvalue weighted by Gasteiger charge is 2.29. The van der Waals surface area contributed by atoms with Crippen LogP contribution >= 0.6 is 0 Å². The molecule has 1 aromatic carbocycles. The van der Waals surface area contributed by atoms with Crippen molar-refractivity contribution in [2.75, 3.05) is 6.61 Å². The van der Waals surface area contributed by atoms with Gasteiger partial charge in [0.25, 0.3) is 0 Å². The molecular formula is C18H26O2. The molecule has 0 aromatic heterocycles. The predicted molar refractivity (Wildman–Crippen MR) is 81.9 cm³/mol. The van der Waals surface area contributed by atoms with E-state index in [2.05, 4.69) is 19.1 Å². The summed E-state index contributed by atoms with van der Waals surface area (Å²) in [6.45, 7) is 4.68. The number of ketones is 1. The van der Waals surface area contributed by atoms with Crippen LogP contribution in [-0.4, -0.2) is 18.5 Å². The Balaban J connectivity index is 2.04. The molecule has 0 saturated heterocycles. The smallest absolute Gasteiger partial charge is 0.166 e. The van der Waals surface area contributed by atoms with Gasteiger partial charge in [0, 0.05) is 13.0 Å². The van der Waals surface area contributed by atoms with Crippen molar-refractivity contribution in [3.63, 3.8) is 0 Å². The molecule has 0 bridgehead atoms. The third-order valence-electron chi connectivity index (χ3n) is 4.37. The number of hydrogen-bond donors (Lipinski definition) is 0. The Morgan fingerprint density at radius 3 is 2.60 bits per heavy atom. The van der Waals surface area contributed by atoms with E-state index in [9.17, 15) is 4.79 Å². The van der Waals surface area contributed by atoms with Gasteiger partial charge in [0.15, 0.2) is 5.78 Å². The van der Waals surface area contributed by atoms with Crippen molar-refractivity contribution >= 4 is 5.78 Å². The van der Waals surface area contributed by atoms with Crippen molar-refractivity contribution in [1.29, 1.82) is 0 Å². The lowest BCUT2D eigenvalue weighted by molar-refractivity contribution is -0.134. The molecule has 0 aliphatic heterocycles. The number of carbonyl (C=O) groups excluding carboxylic acids is 1. The highest BCUT2D eigenvalue weighted by molar-refractivity contribution is 5.85. The van der Waals surface area contributed by atoms with Gasteiger partial charge in [0.05, 0.1) is 0 Å². The van der Waals surface area contributed by atoms with E-state index >= 15 is 0 Å². The van der Waals surface area contributed by atoms with Gasteiger partial charge in [-0.25, -0.2) is 0 Å². The van der Waals surface area contributed by atoms with E-state index in [-0.39, 0.29) is 11.9 Å². The van der Waals surface area contributed by atoms with Gasteiger partial charge in [-0.3, -0.25) is 4.79 Å². The van der Waals surface area contributed by atoms with Gasteiger partial charge in [-0.1, -0.05) is 43.5 Å². The Morgan fingerprint density at radius 1 is 1.25 bits per heavy atom. The van der Waals surface area contributed by atoms with Gasteiger partial charge in [0.1, 0.15) is 6.10 Å². The van der Waals surface area contributed by atoms with E-state index in [0.717, 1.165) is 18.4 Å². The minimum atomic E-state index is -0.195. The lowest BCUT2D eigenvalue weighted by Gasteiger charge is -2.29. The molecule has 0 heterocycles. The van der Waals surface area contributed by atoms with Gasteiger partial charge in [-0.2, -0.15) is 0 Å². The summed E-state index contributed by atoms with van der Waals surface area (Å²) in [7, 11) is 0. The van der Waals surface area contributed by atoms with Crippen LogP contribution in [0.1, 0.15) is 50.2 Å². The van der Waals surface area contributed by atoms with E-state index in [1.54, 1.807) is 0 Å². The van der Waals surface area contributed by atoms with Gasteiger partial charge < -0.3 is 4.74 Å². The molecule has 1 fully saturated rings. The van der Waals surface area contributed by atoms with Gasteiger partial charge >= 0.3 is 0 Å². The van der Waals surface area contributed by atoms with Crippen LogP contribution in [0.5, 0.6) is 0 Å². The average Bonchev–Trinajstić information content (AvgIpc) is 2.48. The average molecular weight is 274 g/mol. The Bertz CT molecular complexity index is 433. The van der Waals surface area contributed by atoms with Gasteiger partial charge in [-0.05, 0) is 43.7 Å². The summed E-state index contributed by atoms with van der Waals surface area (Å²) in [6.07, 6.45) is 6.39. The van der Waals surface area contributed by atoms with Crippen LogP contribution < -0.4 is 0 Å². The topological polar surface area (TPSA) is 26.3 Å². The zero-order valence-corrected chi connectivity index (χ0v) is 12.7. The van der Waals surface area contributed by atoms with E-state index in [4.69, 9.17) is 4.74 Å². The van der Waals surface area contributed by atoms with Crippen molar-refractivity contribution in [2.45, 2.75) is 58.5 Å². The molecule has 1 aliphatic carbocycles. The second-order valence-corrected chi connectivity index (χ2v) is 5.84. The normalized spacial score (nSPS) is 17.9. The summed E-state index contributed by atoms with van der Waals surface area (Å²) in [5.74, 6) is 0.688. The van der Waals surface area contributed by atoms with Crippen LogP contribution in [0.15, 0.2) is 24.3 Å². The summed E-state index contributed by atoms with van der Waals surface area (Å²) in [5, 5.41) is 0. The molecule has 1 saturated carbocycles. The molecular weight excluding hydrogens is 248 g/mol. The summed E-state index contributed by atoms with van der Waals surface area (Å²) < 4.78 is 5.81. The van der Waals surface area contributed by atoms with Crippen molar-refractivity contribution in [1.82, 2.24) is 0 Å². The monoisotopic (exact) mass is 274 g/mol. The second-order valence-electron chi connectivity index (χ2n) is 5.84. The van der Waals surface area contributed by atoms with Gasteiger partial charge in [0.2, 0.25) is 0 Å². The molecule has 2 nitrogen and oxygen atoms in total. The fraction of sp³-hybridized carbons (Fsp3) is 0.611. The highest BCUT2D eigenvalue weighted by Crippen LogP contribution is 2.29. The fourth-order valence-corrected chi connectivity index (χ4v) is 3.21. The molecule has 1 aliphatic rings. The van der Waals surface area contributed by atoms with Crippen LogP contribution in [0.4, 0.5) is 0 Å². The Labute approximate surface area is 122 Å². The minimum absolute atomic E-state index is 0.195. The fourth-order valence-electron chi connectivity index (χ4n) is 3.21. The van der Waals surface area contributed by atoms with Crippen molar-refractivity contribution in [2.24, 2.45) is 5.92 Å². The number of hydrogen-bond acceptors (Lipinski definition) is 2.